The average Bonchev–Trinajstić information content (AvgIpc) is 2.60. The van der Waals surface area contributed by atoms with Crippen molar-refractivity contribution >= 4 is 71.5 Å². The maximum absolute atomic E-state index is 6.23. The first-order valence-electron chi connectivity index (χ1n) is 3.64. The van der Waals surface area contributed by atoms with E-state index in [1.165, 1.54) is 19.2 Å². The minimum absolute atomic E-state index is 0.815. The molecule has 0 fully saturated rings. The Morgan fingerprint density at radius 3 is 3.00 bits per heavy atom. The third kappa shape index (κ3) is 1.76. The third-order valence-electron chi connectivity index (χ3n) is 1.85. The number of halogens is 3. The van der Waals surface area contributed by atoms with E-state index in [4.69, 9.17) is 11.6 Å². The first kappa shape index (κ1) is 10.2. The van der Waals surface area contributed by atoms with E-state index in [0.717, 1.165) is 10.4 Å². The summed E-state index contributed by atoms with van der Waals surface area (Å²) in [5, 5.41) is 5.05. The van der Waals surface area contributed by atoms with Crippen LogP contribution in [-0.2, 0) is 5.33 Å². The van der Waals surface area contributed by atoms with E-state index in [1.54, 1.807) is 11.3 Å². The van der Waals surface area contributed by atoms with Crippen LogP contribution in [0.2, 0.25) is 5.02 Å². The zero-order valence-corrected chi connectivity index (χ0v) is 11.8. The van der Waals surface area contributed by atoms with Crippen molar-refractivity contribution in [3.05, 3.63) is 31.7 Å². The zero-order valence-electron chi connectivity index (χ0n) is 6.48. The van der Waals surface area contributed by atoms with Crippen LogP contribution in [0.4, 0.5) is 0 Å². The lowest BCUT2D eigenvalue weighted by molar-refractivity contribution is 1.46. The van der Waals surface area contributed by atoms with Gasteiger partial charge in [-0.15, -0.1) is 11.3 Å². The van der Waals surface area contributed by atoms with Crippen LogP contribution in [-0.4, -0.2) is 0 Å². The van der Waals surface area contributed by atoms with Gasteiger partial charge in [-0.25, -0.2) is 0 Å². The Labute approximate surface area is 108 Å². The van der Waals surface area contributed by atoms with E-state index in [0.29, 0.717) is 0 Å². The highest BCUT2D eigenvalue weighted by Gasteiger charge is 2.08. The van der Waals surface area contributed by atoms with Gasteiger partial charge in [0, 0.05) is 14.3 Å². The van der Waals surface area contributed by atoms with Gasteiger partial charge in [0.05, 0.1) is 9.72 Å². The van der Waals surface area contributed by atoms with E-state index in [1.807, 2.05) is 0 Å². The maximum atomic E-state index is 6.23. The first-order valence-corrected chi connectivity index (χ1v) is 7.10. The summed E-state index contributed by atoms with van der Waals surface area (Å²) in [6, 6.07) is 4.25. The number of fused-ring (bicyclic) bond motifs is 1. The number of thiophene rings is 1. The molecule has 0 bridgehead atoms. The highest BCUT2D eigenvalue weighted by molar-refractivity contribution is 14.1. The summed E-state index contributed by atoms with van der Waals surface area (Å²) >= 11 is 13.7. The summed E-state index contributed by atoms with van der Waals surface area (Å²) in [7, 11) is 0. The van der Waals surface area contributed by atoms with Crippen LogP contribution in [0.5, 0.6) is 0 Å². The molecule has 2 rings (SSSR count). The van der Waals surface area contributed by atoms with Crippen molar-refractivity contribution < 1.29 is 0 Å². The minimum Gasteiger partial charge on any atom is -0.142 e. The van der Waals surface area contributed by atoms with Crippen molar-refractivity contribution in [2.45, 2.75) is 5.33 Å². The molecule has 0 radical (unpaired) electrons. The normalized spacial score (nSPS) is 11.0. The molecule has 2 aromatic rings. The molecular formula is C9H5BrClIS. The van der Waals surface area contributed by atoms with Crippen LogP contribution < -0.4 is 0 Å². The summed E-state index contributed by atoms with van der Waals surface area (Å²) in [4.78, 5) is 0. The molecule has 0 atom stereocenters. The molecule has 13 heavy (non-hydrogen) atoms. The maximum Gasteiger partial charge on any atom is 0.0625 e. The van der Waals surface area contributed by atoms with Crippen molar-refractivity contribution in [1.82, 2.24) is 0 Å². The second-order valence-corrected chi connectivity index (χ2v) is 5.65. The Kier molecular flexibility index (Phi) is 3.18. The number of hydrogen-bond donors (Lipinski definition) is 0. The molecule has 0 amide bonds. The average molecular weight is 387 g/mol. The topological polar surface area (TPSA) is 0 Å². The summed E-state index contributed by atoms with van der Waals surface area (Å²) in [5.41, 5.74) is 1.17. The van der Waals surface area contributed by atoms with Gasteiger partial charge in [0.25, 0.3) is 0 Å². The standard InChI is InChI=1S/C9H5BrClIS/c10-4-5-3-7(12)6-1-2-13-9(6)8(5)11/h1-3H,4H2. The highest BCUT2D eigenvalue weighted by Crippen LogP contribution is 2.35. The summed E-state index contributed by atoms with van der Waals surface area (Å²) in [5.74, 6) is 0. The summed E-state index contributed by atoms with van der Waals surface area (Å²) in [6.07, 6.45) is 0. The van der Waals surface area contributed by atoms with E-state index in [-0.39, 0.29) is 0 Å². The molecule has 0 aliphatic heterocycles. The molecule has 0 N–H and O–H groups in total. The molecule has 0 saturated carbocycles. The fourth-order valence-electron chi connectivity index (χ4n) is 1.20. The lowest BCUT2D eigenvalue weighted by Crippen LogP contribution is -1.82. The summed E-state index contributed by atoms with van der Waals surface area (Å²) in [6.45, 7) is 0. The van der Waals surface area contributed by atoms with Crippen LogP contribution in [0.3, 0.4) is 0 Å². The lowest BCUT2D eigenvalue weighted by Gasteiger charge is -2.03. The molecule has 1 heterocycles. The van der Waals surface area contributed by atoms with E-state index >= 15 is 0 Å². The molecule has 1 aromatic carbocycles. The molecule has 68 valence electrons. The minimum atomic E-state index is 0.815. The molecule has 0 saturated heterocycles. The van der Waals surface area contributed by atoms with Gasteiger partial charge in [-0.05, 0) is 45.7 Å². The molecule has 0 aliphatic carbocycles. The lowest BCUT2D eigenvalue weighted by atomic mass is 10.2. The Morgan fingerprint density at radius 2 is 2.31 bits per heavy atom. The van der Waals surface area contributed by atoms with Crippen LogP contribution in [0, 0.1) is 3.57 Å². The van der Waals surface area contributed by atoms with Crippen molar-refractivity contribution in [1.29, 1.82) is 0 Å². The van der Waals surface area contributed by atoms with Gasteiger partial charge in [0.1, 0.15) is 0 Å². The highest BCUT2D eigenvalue weighted by atomic mass is 127. The Morgan fingerprint density at radius 1 is 1.54 bits per heavy atom. The van der Waals surface area contributed by atoms with Gasteiger partial charge in [-0.3, -0.25) is 0 Å². The van der Waals surface area contributed by atoms with Crippen LogP contribution >= 0.6 is 61.5 Å². The fraction of sp³-hybridized carbons (Fsp3) is 0.111. The van der Waals surface area contributed by atoms with Crippen molar-refractivity contribution in [3.8, 4) is 0 Å². The predicted octanol–water partition coefficient (Wildman–Crippen LogP) is 5.05. The van der Waals surface area contributed by atoms with E-state index < -0.39 is 0 Å². The van der Waals surface area contributed by atoms with Gasteiger partial charge < -0.3 is 0 Å². The van der Waals surface area contributed by atoms with Crippen LogP contribution in [0.15, 0.2) is 17.5 Å². The second-order valence-electron chi connectivity index (χ2n) is 2.63. The molecule has 0 nitrogen and oxygen atoms in total. The van der Waals surface area contributed by atoms with E-state index in [9.17, 15) is 0 Å². The molecule has 0 aliphatic rings. The molecule has 4 heteroatoms. The smallest absolute Gasteiger partial charge is 0.0625 e. The predicted molar refractivity (Wildman–Crippen MR) is 72.2 cm³/mol. The number of alkyl halides is 1. The van der Waals surface area contributed by atoms with Gasteiger partial charge in [-0.1, -0.05) is 27.5 Å². The van der Waals surface area contributed by atoms with Gasteiger partial charge in [0.15, 0.2) is 0 Å². The molecular weight excluding hydrogens is 382 g/mol. The Bertz CT molecular complexity index is 452. The van der Waals surface area contributed by atoms with E-state index in [2.05, 4.69) is 56.0 Å². The van der Waals surface area contributed by atoms with Gasteiger partial charge in [0.2, 0.25) is 0 Å². The summed E-state index contributed by atoms with van der Waals surface area (Å²) < 4.78 is 2.47. The molecule has 0 spiro atoms. The molecule has 0 unspecified atom stereocenters. The number of hydrogen-bond acceptors (Lipinski definition) is 1. The first-order chi connectivity index (χ1) is 6.24. The fourth-order valence-corrected chi connectivity index (χ4v) is 4.05. The Balaban J connectivity index is 2.85. The van der Waals surface area contributed by atoms with Gasteiger partial charge in [-0.2, -0.15) is 0 Å². The SMILES string of the molecule is Clc1c(CBr)cc(I)c2ccsc12. The van der Waals surface area contributed by atoms with Crippen molar-refractivity contribution in [2.24, 2.45) is 0 Å². The molecule has 1 aromatic heterocycles. The monoisotopic (exact) mass is 386 g/mol. The number of benzene rings is 1. The largest absolute Gasteiger partial charge is 0.142 e. The van der Waals surface area contributed by atoms with Crippen LogP contribution in [0.1, 0.15) is 5.56 Å². The van der Waals surface area contributed by atoms with Crippen LogP contribution in [0.25, 0.3) is 10.1 Å². The zero-order chi connectivity index (χ0) is 9.42. The van der Waals surface area contributed by atoms with Gasteiger partial charge >= 0.3 is 0 Å². The van der Waals surface area contributed by atoms with Crippen molar-refractivity contribution in [2.75, 3.05) is 0 Å². The third-order valence-corrected chi connectivity index (χ3v) is 4.82. The Hall–Kier alpha value is 0.680. The number of rotatable bonds is 1. The van der Waals surface area contributed by atoms with Crippen molar-refractivity contribution in [3.63, 3.8) is 0 Å². The quantitative estimate of drug-likeness (QED) is 0.474. The second kappa shape index (κ2) is 4.04.